The van der Waals surface area contributed by atoms with Crippen LogP contribution in [0.1, 0.15) is 31.5 Å². The Morgan fingerprint density at radius 2 is 2.00 bits per heavy atom. The van der Waals surface area contributed by atoms with Gasteiger partial charge in [-0.15, -0.1) is 0 Å². The smallest absolute Gasteiger partial charge is 0.274 e. The number of imidazole rings is 1. The predicted octanol–water partition coefficient (Wildman–Crippen LogP) is 0.543. The molecule has 0 unspecified atom stereocenters. The minimum absolute atomic E-state index is 0.0403. The van der Waals surface area contributed by atoms with Gasteiger partial charge in [-0.3, -0.25) is 4.79 Å². The first-order valence-electron chi connectivity index (χ1n) is 7.81. The van der Waals surface area contributed by atoms with Crippen LogP contribution in [0, 0.1) is 0 Å². The summed E-state index contributed by atoms with van der Waals surface area (Å²) in [6.45, 7) is 0.678. The number of carbonyl (C=O) groups is 1. The largest absolute Gasteiger partial charge is 0.349 e. The van der Waals surface area contributed by atoms with E-state index < -0.39 is 10.2 Å². The fourth-order valence-electron chi connectivity index (χ4n) is 2.42. The number of para-hydroxylation sites is 2. The molecular weight excluding hydrogens is 330 g/mol. The number of nitrogens with zero attached hydrogens (tertiary/aromatic N) is 2. The number of aryl methyl sites for hydroxylation is 1. The lowest BCUT2D eigenvalue weighted by atomic mass is 10.2. The van der Waals surface area contributed by atoms with E-state index in [9.17, 15) is 13.2 Å². The molecule has 8 nitrogen and oxygen atoms in total. The number of hydrogen-bond donors (Lipinski definition) is 3. The SMILES string of the molecule is Cn1c(CNC(=O)CCCCCNS(N)(=O)=O)nc2ccccc21. The number of aromatic nitrogens is 2. The van der Waals surface area contributed by atoms with Gasteiger partial charge in [0.2, 0.25) is 5.91 Å². The van der Waals surface area contributed by atoms with Crippen molar-refractivity contribution in [2.45, 2.75) is 32.2 Å². The number of amides is 1. The van der Waals surface area contributed by atoms with Crippen LogP contribution in [0.3, 0.4) is 0 Å². The summed E-state index contributed by atoms with van der Waals surface area (Å²) in [4.78, 5) is 16.4. The van der Waals surface area contributed by atoms with Crippen molar-refractivity contribution < 1.29 is 13.2 Å². The van der Waals surface area contributed by atoms with Crippen LogP contribution in [0.15, 0.2) is 24.3 Å². The molecule has 0 saturated heterocycles. The molecule has 2 aromatic rings. The summed E-state index contributed by atoms with van der Waals surface area (Å²) in [5.41, 5.74) is 1.94. The maximum Gasteiger partial charge on any atom is 0.274 e. The van der Waals surface area contributed by atoms with Crippen molar-refractivity contribution in [3.8, 4) is 0 Å². The van der Waals surface area contributed by atoms with E-state index >= 15 is 0 Å². The van der Waals surface area contributed by atoms with E-state index in [-0.39, 0.29) is 5.91 Å². The van der Waals surface area contributed by atoms with Crippen molar-refractivity contribution >= 4 is 27.1 Å². The van der Waals surface area contributed by atoms with Gasteiger partial charge < -0.3 is 9.88 Å². The standard InChI is InChI=1S/C15H23N5O3S/c1-20-13-8-5-4-7-12(13)19-14(20)11-17-15(21)9-3-2-6-10-18-24(16,22)23/h4-5,7-8,18H,2-3,6,9-11H2,1H3,(H,17,21)(H2,16,22,23). The molecule has 0 bridgehead atoms. The molecule has 0 atom stereocenters. The Labute approximate surface area is 141 Å². The molecule has 1 amide bonds. The lowest BCUT2D eigenvalue weighted by molar-refractivity contribution is -0.121. The second-order valence-electron chi connectivity index (χ2n) is 5.60. The van der Waals surface area contributed by atoms with Crippen LogP contribution in [-0.2, 0) is 28.6 Å². The third-order valence-corrected chi connectivity index (χ3v) is 4.31. The molecule has 132 valence electrons. The van der Waals surface area contributed by atoms with Crippen LogP contribution in [-0.4, -0.2) is 30.4 Å². The molecule has 9 heteroatoms. The highest BCUT2D eigenvalue weighted by molar-refractivity contribution is 7.87. The first-order valence-corrected chi connectivity index (χ1v) is 9.36. The number of nitrogens with one attached hydrogen (secondary N) is 2. The van der Waals surface area contributed by atoms with Gasteiger partial charge in [-0.1, -0.05) is 18.6 Å². The van der Waals surface area contributed by atoms with E-state index in [1.54, 1.807) is 0 Å². The molecule has 2 rings (SSSR count). The zero-order valence-corrected chi connectivity index (χ0v) is 14.5. The second-order valence-corrected chi connectivity index (χ2v) is 6.98. The zero-order valence-electron chi connectivity index (χ0n) is 13.7. The van der Waals surface area contributed by atoms with E-state index in [1.807, 2.05) is 35.9 Å². The number of nitrogens with two attached hydrogens (primary N) is 1. The third kappa shape index (κ3) is 5.59. The van der Waals surface area contributed by atoms with E-state index in [0.29, 0.717) is 32.4 Å². The molecule has 0 spiro atoms. The molecule has 0 aliphatic carbocycles. The molecule has 0 aliphatic rings. The Hall–Kier alpha value is -1.97. The van der Waals surface area contributed by atoms with E-state index in [2.05, 4.69) is 15.0 Å². The first kappa shape index (κ1) is 18.4. The van der Waals surface area contributed by atoms with Crippen LogP contribution in [0.4, 0.5) is 0 Å². The zero-order chi connectivity index (χ0) is 17.6. The Bertz CT molecular complexity index is 801. The van der Waals surface area contributed by atoms with Crippen LogP contribution >= 0.6 is 0 Å². The van der Waals surface area contributed by atoms with E-state index in [1.165, 1.54) is 0 Å². The van der Waals surface area contributed by atoms with Crippen LogP contribution in [0.2, 0.25) is 0 Å². The highest BCUT2D eigenvalue weighted by Crippen LogP contribution is 2.13. The molecule has 0 aliphatic heterocycles. The van der Waals surface area contributed by atoms with Gasteiger partial charge in [0.15, 0.2) is 0 Å². The van der Waals surface area contributed by atoms with Crippen molar-refractivity contribution in [1.82, 2.24) is 19.6 Å². The fourth-order valence-corrected chi connectivity index (χ4v) is 2.85. The molecule has 1 aromatic heterocycles. The monoisotopic (exact) mass is 353 g/mol. The Kier molecular flexibility index (Phi) is 6.29. The lowest BCUT2D eigenvalue weighted by Crippen LogP contribution is -2.31. The van der Waals surface area contributed by atoms with Gasteiger partial charge in [0.05, 0.1) is 17.6 Å². The summed E-state index contributed by atoms with van der Waals surface area (Å²) in [5.74, 6) is 0.767. The summed E-state index contributed by atoms with van der Waals surface area (Å²) in [6.07, 6.45) is 2.50. The highest BCUT2D eigenvalue weighted by atomic mass is 32.2. The summed E-state index contributed by atoms with van der Waals surface area (Å²) >= 11 is 0. The summed E-state index contributed by atoms with van der Waals surface area (Å²) in [6, 6.07) is 7.82. The maximum atomic E-state index is 11.9. The first-order chi connectivity index (χ1) is 11.4. The number of benzene rings is 1. The average molecular weight is 353 g/mol. The predicted molar refractivity (Wildman–Crippen MR) is 92.1 cm³/mol. The van der Waals surface area contributed by atoms with Gasteiger partial charge >= 0.3 is 0 Å². The van der Waals surface area contributed by atoms with Crippen molar-refractivity contribution in [2.75, 3.05) is 6.54 Å². The van der Waals surface area contributed by atoms with E-state index in [4.69, 9.17) is 5.14 Å². The quantitative estimate of drug-likeness (QED) is 0.570. The Morgan fingerprint density at radius 1 is 1.25 bits per heavy atom. The normalized spacial score (nSPS) is 11.8. The third-order valence-electron chi connectivity index (χ3n) is 3.71. The van der Waals surface area contributed by atoms with Crippen molar-refractivity contribution in [3.05, 3.63) is 30.1 Å². The summed E-state index contributed by atoms with van der Waals surface area (Å²) in [7, 11) is -1.69. The molecule has 0 fully saturated rings. The second kappa shape index (κ2) is 8.22. The topological polar surface area (TPSA) is 119 Å². The van der Waals surface area contributed by atoms with Crippen molar-refractivity contribution in [1.29, 1.82) is 0 Å². The molecule has 0 saturated carbocycles. The molecule has 4 N–H and O–H groups in total. The van der Waals surface area contributed by atoms with E-state index in [0.717, 1.165) is 23.3 Å². The number of unbranched alkanes of at least 4 members (excludes halogenated alkanes) is 2. The van der Waals surface area contributed by atoms with Gasteiger partial charge in [-0.05, 0) is 25.0 Å². The van der Waals surface area contributed by atoms with Crippen LogP contribution in [0.25, 0.3) is 11.0 Å². The maximum absolute atomic E-state index is 11.9. The Morgan fingerprint density at radius 3 is 2.71 bits per heavy atom. The molecule has 1 aromatic carbocycles. The van der Waals surface area contributed by atoms with Gasteiger partial charge in [0.25, 0.3) is 10.2 Å². The fraction of sp³-hybridized carbons (Fsp3) is 0.467. The van der Waals surface area contributed by atoms with Crippen molar-refractivity contribution in [2.24, 2.45) is 12.2 Å². The number of rotatable bonds is 9. The summed E-state index contributed by atoms with van der Waals surface area (Å²) < 4.78 is 25.5. The molecule has 24 heavy (non-hydrogen) atoms. The van der Waals surface area contributed by atoms with Gasteiger partial charge in [-0.25, -0.2) is 14.8 Å². The van der Waals surface area contributed by atoms with Crippen molar-refractivity contribution in [3.63, 3.8) is 0 Å². The van der Waals surface area contributed by atoms with Gasteiger partial charge in [0.1, 0.15) is 5.82 Å². The number of hydrogen-bond acceptors (Lipinski definition) is 4. The summed E-state index contributed by atoms with van der Waals surface area (Å²) in [5, 5.41) is 7.68. The molecule has 1 heterocycles. The molecule has 0 radical (unpaired) electrons. The van der Waals surface area contributed by atoms with Gasteiger partial charge in [-0.2, -0.15) is 8.42 Å². The van der Waals surface area contributed by atoms with Crippen LogP contribution in [0.5, 0.6) is 0 Å². The molecular formula is C15H23N5O3S. The minimum Gasteiger partial charge on any atom is -0.349 e. The minimum atomic E-state index is -3.62. The number of fused-ring (bicyclic) bond motifs is 1. The number of carbonyl (C=O) groups excluding carboxylic acids is 1. The lowest BCUT2D eigenvalue weighted by Gasteiger charge is -2.06. The van der Waals surface area contributed by atoms with Gasteiger partial charge in [0, 0.05) is 20.0 Å². The average Bonchev–Trinajstić information content (AvgIpc) is 2.84. The highest BCUT2D eigenvalue weighted by Gasteiger charge is 2.08. The Balaban J connectivity index is 1.68. The van der Waals surface area contributed by atoms with Crippen LogP contribution < -0.4 is 15.2 Å².